The number of rotatable bonds is 4. The lowest BCUT2D eigenvalue weighted by atomic mass is 9.87. The Kier molecular flexibility index (Phi) is 5.41. The minimum Gasteiger partial charge on any atom is -0.268 e. The molecule has 0 atom stereocenters. The van der Waals surface area contributed by atoms with Gasteiger partial charge in [0.2, 0.25) is 0 Å². The van der Waals surface area contributed by atoms with Gasteiger partial charge in [0.05, 0.1) is 11.4 Å². The van der Waals surface area contributed by atoms with Gasteiger partial charge in [-0.1, -0.05) is 88.4 Å². The van der Waals surface area contributed by atoms with Crippen LogP contribution in [0.4, 0.5) is 5.69 Å². The molecule has 4 heteroatoms. The van der Waals surface area contributed by atoms with Crippen LogP contribution < -0.4 is 4.90 Å². The van der Waals surface area contributed by atoms with Crippen molar-refractivity contribution in [3.8, 4) is 11.3 Å². The summed E-state index contributed by atoms with van der Waals surface area (Å²) in [5, 5.41) is 3.70. The predicted molar refractivity (Wildman–Crippen MR) is 150 cm³/mol. The van der Waals surface area contributed by atoms with Crippen LogP contribution in [-0.2, 0) is 0 Å². The summed E-state index contributed by atoms with van der Waals surface area (Å²) in [5.74, 6) is -0.236. The first-order valence-corrected chi connectivity index (χ1v) is 12.8. The van der Waals surface area contributed by atoms with E-state index in [0.717, 1.165) is 44.2 Å². The smallest absolute Gasteiger partial charge is 0.266 e. The second kappa shape index (κ2) is 8.67. The van der Waals surface area contributed by atoms with Crippen LogP contribution in [0, 0.1) is 0 Å². The molecule has 2 heterocycles. The van der Waals surface area contributed by atoms with E-state index < -0.39 is 0 Å². The van der Waals surface area contributed by atoms with E-state index in [4.69, 9.17) is 4.98 Å². The summed E-state index contributed by atoms with van der Waals surface area (Å²) in [6.07, 6.45) is 1.81. The van der Waals surface area contributed by atoms with Crippen molar-refractivity contribution < 1.29 is 9.59 Å². The molecule has 1 aromatic heterocycles. The van der Waals surface area contributed by atoms with Crippen LogP contribution in [0.3, 0.4) is 0 Å². The molecule has 6 rings (SSSR count). The van der Waals surface area contributed by atoms with Crippen LogP contribution >= 0.6 is 0 Å². The van der Waals surface area contributed by atoms with E-state index in [0.29, 0.717) is 16.5 Å². The Labute approximate surface area is 216 Å². The van der Waals surface area contributed by atoms with Crippen molar-refractivity contribution in [1.82, 2.24) is 4.98 Å². The zero-order valence-electron chi connectivity index (χ0n) is 21.4. The average molecular weight is 485 g/mol. The fraction of sp³-hybridized carbons (Fsp3) is 0.182. The SMILES string of the molecule is CC(C)c1cccc(C(C)C)c1N1C(=O)c2cccc3c(-c4nccc5ccccc45)ccc(c23)C1=O. The van der Waals surface area contributed by atoms with E-state index in [1.165, 1.54) is 4.90 Å². The number of hydrogen-bond acceptors (Lipinski definition) is 3. The van der Waals surface area contributed by atoms with E-state index in [1.807, 2.05) is 72.9 Å². The van der Waals surface area contributed by atoms with Gasteiger partial charge in [0, 0.05) is 33.7 Å². The number of anilines is 1. The van der Waals surface area contributed by atoms with Crippen molar-refractivity contribution in [2.24, 2.45) is 0 Å². The Balaban J connectivity index is 1.61. The molecule has 0 N–H and O–H groups in total. The highest BCUT2D eigenvalue weighted by Crippen LogP contribution is 2.42. The molecule has 0 fully saturated rings. The first-order chi connectivity index (χ1) is 17.9. The van der Waals surface area contributed by atoms with Gasteiger partial charge in [-0.3, -0.25) is 14.6 Å². The molecular weight excluding hydrogens is 456 g/mol. The van der Waals surface area contributed by atoms with Crippen LogP contribution in [0.15, 0.2) is 85.1 Å². The molecule has 1 aliphatic heterocycles. The maximum Gasteiger partial charge on any atom is 0.266 e. The Morgan fingerprint density at radius 3 is 1.92 bits per heavy atom. The molecule has 0 bridgehead atoms. The van der Waals surface area contributed by atoms with Gasteiger partial charge in [0.1, 0.15) is 0 Å². The van der Waals surface area contributed by atoms with Gasteiger partial charge in [-0.05, 0) is 51.9 Å². The standard InChI is InChI=1S/C33H28N2O2/c1-19(2)22-11-7-12-23(20(3)4)31(22)35-32(36)27-14-8-13-25-26(15-16-28(29(25)27)33(35)37)30-24-10-6-5-9-21(24)17-18-34-30/h5-20H,1-4H3. The Hall–Kier alpha value is -4.31. The first kappa shape index (κ1) is 23.1. The van der Waals surface area contributed by atoms with Gasteiger partial charge in [0.15, 0.2) is 0 Å². The molecule has 0 unspecified atom stereocenters. The maximum atomic E-state index is 14.1. The molecule has 0 saturated heterocycles. The topological polar surface area (TPSA) is 50.3 Å². The number of pyridine rings is 1. The number of nitrogens with zero attached hydrogens (tertiary/aromatic N) is 2. The summed E-state index contributed by atoms with van der Waals surface area (Å²) in [7, 11) is 0. The number of fused-ring (bicyclic) bond motifs is 1. The lowest BCUT2D eigenvalue weighted by molar-refractivity contribution is 0.0893. The Bertz CT molecular complexity index is 1680. The molecule has 4 nitrogen and oxygen atoms in total. The second-order valence-corrected chi connectivity index (χ2v) is 10.3. The lowest BCUT2D eigenvalue weighted by Gasteiger charge is -2.32. The van der Waals surface area contributed by atoms with Gasteiger partial charge in [-0.25, -0.2) is 4.90 Å². The van der Waals surface area contributed by atoms with Crippen molar-refractivity contribution in [2.75, 3.05) is 4.90 Å². The molecular formula is C33H28N2O2. The minimum absolute atomic E-state index is 0.159. The highest BCUT2D eigenvalue weighted by molar-refractivity contribution is 6.37. The largest absolute Gasteiger partial charge is 0.268 e. The van der Waals surface area contributed by atoms with E-state index >= 15 is 0 Å². The van der Waals surface area contributed by atoms with Crippen LogP contribution in [0.1, 0.15) is 71.4 Å². The number of carbonyl (C=O) groups excluding carboxylic acids is 2. The Morgan fingerprint density at radius 2 is 1.22 bits per heavy atom. The molecule has 0 saturated carbocycles. The average Bonchev–Trinajstić information content (AvgIpc) is 2.91. The minimum atomic E-state index is -0.277. The fourth-order valence-corrected chi connectivity index (χ4v) is 5.61. The number of aromatic nitrogens is 1. The fourth-order valence-electron chi connectivity index (χ4n) is 5.61. The highest BCUT2D eigenvalue weighted by Gasteiger charge is 2.37. The number of carbonyl (C=O) groups is 2. The molecule has 0 spiro atoms. The van der Waals surface area contributed by atoms with Gasteiger partial charge >= 0.3 is 0 Å². The van der Waals surface area contributed by atoms with Gasteiger partial charge < -0.3 is 0 Å². The molecule has 0 radical (unpaired) electrons. The second-order valence-electron chi connectivity index (χ2n) is 10.3. The van der Waals surface area contributed by atoms with Crippen LogP contribution in [0.5, 0.6) is 0 Å². The zero-order valence-corrected chi connectivity index (χ0v) is 21.4. The molecule has 37 heavy (non-hydrogen) atoms. The normalized spacial score (nSPS) is 13.4. The monoisotopic (exact) mass is 484 g/mol. The van der Waals surface area contributed by atoms with E-state index in [2.05, 4.69) is 39.8 Å². The summed E-state index contributed by atoms with van der Waals surface area (Å²) >= 11 is 0. The lowest BCUT2D eigenvalue weighted by Crippen LogP contribution is -2.41. The summed E-state index contributed by atoms with van der Waals surface area (Å²) in [6, 6.07) is 25.8. The van der Waals surface area contributed by atoms with Crippen LogP contribution in [0.2, 0.25) is 0 Å². The van der Waals surface area contributed by atoms with Gasteiger partial charge in [-0.2, -0.15) is 0 Å². The zero-order chi connectivity index (χ0) is 25.8. The van der Waals surface area contributed by atoms with E-state index in [1.54, 1.807) is 0 Å². The molecule has 5 aromatic rings. The van der Waals surface area contributed by atoms with Crippen molar-refractivity contribution >= 4 is 39.0 Å². The maximum absolute atomic E-state index is 14.1. The quantitative estimate of drug-likeness (QED) is 0.242. The first-order valence-electron chi connectivity index (χ1n) is 12.8. The summed E-state index contributed by atoms with van der Waals surface area (Å²) in [4.78, 5) is 34.4. The van der Waals surface area contributed by atoms with E-state index in [9.17, 15) is 9.59 Å². The van der Waals surface area contributed by atoms with Crippen molar-refractivity contribution in [3.05, 3.63) is 107 Å². The predicted octanol–water partition coefficient (Wildman–Crippen LogP) is 8.10. The number of amides is 2. The third-order valence-corrected chi connectivity index (χ3v) is 7.40. The summed E-state index contributed by atoms with van der Waals surface area (Å²) in [5.41, 5.74) is 5.57. The van der Waals surface area contributed by atoms with Crippen LogP contribution in [-0.4, -0.2) is 16.8 Å². The number of hydrogen-bond donors (Lipinski definition) is 0. The highest BCUT2D eigenvalue weighted by atomic mass is 16.2. The number of benzene rings is 4. The van der Waals surface area contributed by atoms with Crippen molar-refractivity contribution in [2.45, 2.75) is 39.5 Å². The molecule has 182 valence electrons. The number of para-hydroxylation sites is 1. The third-order valence-electron chi connectivity index (χ3n) is 7.40. The van der Waals surface area contributed by atoms with Crippen molar-refractivity contribution in [1.29, 1.82) is 0 Å². The molecule has 0 aliphatic carbocycles. The molecule has 2 amide bonds. The van der Waals surface area contributed by atoms with Crippen molar-refractivity contribution in [3.63, 3.8) is 0 Å². The molecule has 4 aromatic carbocycles. The number of imide groups is 1. The van der Waals surface area contributed by atoms with Gasteiger partial charge in [-0.15, -0.1) is 0 Å². The summed E-state index contributed by atoms with van der Waals surface area (Å²) in [6.45, 7) is 8.39. The van der Waals surface area contributed by atoms with Crippen LogP contribution in [0.25, 0.3) is 32.8 Å². The molecule has 1 aliphatic rings. The van der Waals surface area contributed by atoms with Gasteiger partial charge in [0.25, 0.3) is 11.8 Å². The summed E-state index contributed by atoms with van der Waals surface area (Å²) < 4.78 is 0. The Morgan fingerprint density at radius 1 is 0.622 bits per heavy atom. The third kappa shape index (κ3) is 3.47. The van der Waals surface area contributed by atoms with E-state index in [-0.39, 0.29) is 23.7 Å².